The minimum absolute atomic E-state index is 0.289. The highest BCUT2D eigenvalue weighted by Crippen LogP contribution is 2.10. The van der Waals surface area contributed by atoms with Gasteiger partial charge >= 0.3 is 5.97 Å². The Labute approximate surface area is 104 Å². The lowest BCUT2D eigenvalue weighted by molar-refractivity contribution is -0.138. The van der Waals surface area contributed by atoms with Crippen molar-refractivity contribution in [2.24, 2.45) is 0 Å². The quantitative estimate of drug-likeness (QED) is 0.455. The van der Waals surface area contributed by atoms with Gasteiger partial charge in [0.15, 0.2) is 0 Å². The van der Waals surface area contributed by atoms with E-state index in [9.17, 15) is 4.79 Å². The second-order valence-electron chi connectivity index (χ2n) is 4.92. The summed E-state index contributed by atoms with van der Waals surface area (Å²) in [6, 6.07) is 11.4. The van der Waals surface area contributed by atoms with Crippen molar-refractivity contribution in [2.45, 2.75) is 26.1 Å². The number of rotatable bonds is 5. The molecule has 0 saturated carbocycles. The molecule has 3 heteroatoms. The predicted molar refractivity (Wildman–Crippen MR) is 74.1 cm³/mol. The molecule has 0 amide bonds. The predicted octanol–water partition coefficient (Wildman–Crippen LogP) is 2.72. The lowest BCUT2D eigenvalue weighted by Gasteiger charge is -2.22. The zero-order valence-electron chi connectivity index (χ0n) is 10.8. The zero-order valence-corrected chi connectivity index (χ0v) is 11.8. The van der Waals surface area contributed by atoms with Gasteiger partial charge in [-0.3, -0.25) is 0 Å². The van der Waals surface area contributed by atoms with Crippen LogP contribution in [0.1, 0.15) is 6.92 Å². The first-order valence-corrected chi connectivity index (χ1v) is 9.02. The first-order chi connectivity index (χ1) is 7.93. The van der Waals surface area contributed by atoms with E-state index in [1.165, 1.54) is 5.19 Å². The van der Waals surface area contributed by atoms with E-state index < -0.39 is 8.07 Å². The molecule has 1 aromatic carbocycles. The maximum atomic E-state index is 11.3. The number of benzene rings is 1. The topological polar surface area (TPSA) is 26.3 Å². The number of carbonyl (C=O) groups excluding carboxylic acids is 1. The molecular weight excluding hydrogens is 228 g/mol. The van der Waals surface area contributed by atoms with E-state index >= 15 is 0 Å². The summed E-state index contributed by atoms with van der Waals surface area (Å²) in [6.45, 7) is 10.3. The summed E-state index contributed by atoms with van der Waals surface area (Å²) in [5.41, 5.74) is 0.462. The van der Waals surface area contributed by atoms with Crippen LogP contribution in [0.25, 0.3) is 0 Å². The van der Waals surface area contributed by atoms with Gasteiger partial charge in [0.05, 0.1) is 14.7 Å². The van der Waals surface area contributed by atoms with E-state index in [-0.39, 0.29) is 5.97 Å². The molecule has 0 aromatic heterocycles. The van der Waals surface area contributed by atoms with Crippen molar-refractivity contribution >= 4 is 19.2 Å². The van der Waals surface area contributed by atoms with Crippen LogP contribution in [-0.2, 0) is 9.53 Å². The Morgan fingerprint density at radius 2 is 1.88 bits per heavy atom. The average molecular weight is 248 g/mol. The minimum Gasteiger partial charge on any atom is -0.463 e. The Balaban J connectivity index is 2.51. The summed E-state index contributed by atoms with van der Waals surface area (Å²) in [4.78, 5) is 11.3. The third-order valence-electron chi connectivity index (χ3n) is 2.86. The Hall–Kier alpha value is -1.35. The normalized spacial score (nSPS) is 11.0. The molecule has 0 saturated heterocycles. The molecule has 1 aromatic rings. The van der Waals surface area contributed by atoms with Crippen LogP contribution in [0.15, 0.2) is 42.5 Å². The summed E-state index contributed by atoms with van der Waals surface area (Å²) >= 11 is 0. The lowest BCUT2D eigenvalue weighted by atomic mass is 10.4. The van der Waals surface area contributed by atoms with E-state index in [1.54, 1.807) is 6.92 Å². The molecule has 0 N–H and O–H groups in total. The molecule has 0 bridgehead atoms. The van der Waals surface area contributed by atoms with Gasteiger partial charge in [0, 0.05) is 5.57 Å². The van der Waals surface area contributed by atoms with E-state index in [0.717, 1.165) is 6.04 Å². The molecular formula is C14H20O2Si. The molecule has 2 nitrogen and oxygen atoms in total. The Kier molecular flexibility index (Phi) is 4.69. The van der Waals surface area contributed by atoms with Crippen molar-refractivity contribution in [3.63, 3.8) is 0 Å². The van der Waals surface area contributed by atoms with E-state index in [1.807, 2.05) is 6.07 Å². The third-order valence-corrected chi connectivity index (χ3v) is 6.21. The van der Waals surface area contributed by atoms with Crippen molar-refractivity contribution in [1.29, 1.82) is 0 Å². The van der Waals surface area contributed by atoms with Crippen LogP contribution >= 0.6 is 0 Å². The fourth-order valence-corrected chi connectivity index (χ4v) is 3.55. The molecule has 0 unspecified atom stereocenters. The summed E-state index contributed by atoms with van der Waals surface area (Å²) in [5.74, 6) is -0.289. The summed E-state index contributed by atoms with van der Waals surface area (Å²) < 4.78 is 5.16. The van der Waals surface area contributed by atoms with Gasteiger partial charge in [-0.1, -0.05) is 55.2 Å². The van der Waals surface area contributed by atoms with Crippen LogP contribution < -0.4 is 5.19 Å². The first-order valence-electron chi connectivity index (χ1n) is 5.81. The highest BCUT2D eigenvalue weighted by atomic mass is 28.3. The molecule has 0 aliphatic rings. The van der Waals surface area contributed by atoms with E-state index in [4.69, 9.17) is 4.74 Å². The first kappa shape index (κ1) is 13.7. The summed E-state index contributed by atoms with van der Waals surface area (Å²) in [7, 11) is -1.49. The highest BCUT2D eigenvalue weighted by Gasteiger charge is 2.23. The van der Waals surface area contributed by atoms with Crippen molar-refractivity contribution in [3.05, 3.63) is 42.5 Å². The third kappa shape index (κ3) is 4.19. The smallest absolute Gasteiger partial charge is 0.333 e. The van der Waals surface area contributed by atoms with Gasteiger partial charge in [-0.05, 0) is 13.0 Å². The molecule has 0 radical (unpaired) electrons. The molecule has 92 valence electrons. The van der Waals surface area contributed by atoms with Gasteiger partial charge in [-0.2, -0.15) is 0 Å². The molecule has 0 spiro atoms. The fraction of sp³-hybridized carbons (Fsp3) is 0.357. The van der Waals surface area contributed by atoms with Gasteiger partial charge < -0.3 is 4.74 Å². The second-order valence-corrected chi connectivity index (χ2v) is 9.76. The molecule has 0 atom stereocenters. The van der Waals surface area contributed by atoms with Crippen LogP contribution in [-0.4, -0.2) is 20.7 Å². The van der Waals surface area contributed by atoms with Gasteiger partial charge in [0.1, 0.15) is 0 Å². The molecule has 17 heavy (non-hydrogen) atoms. The number of ether oxygens (including phenoxy) is 1. The number of hydrogen-bond donors (Lipinski definition) is 0. The Morgan fingerprint density at radius 3 is 2.41 bits per heavy atom. The second kappa shape index (κ2) is 5.82. The van der Waals surface area contributed by atoms with Crippen LogP contribution in [0.2, 0.25) is 19.1 Å². The van der Waals surface area contributed by atoms with Crippen LogP contribution in [0.5, 0.6) is 0 Å². The lowest BCUT2D eigenvalue weighted by Crippen LogP contribution is -2.42. The Morgan fingerprint density at radius 1 is 1.29 bits per heavy atom. The van der Waals surface area contributed by atoms with Gasteiger partial charge in [-0.15, -0.1) is 0 Å². The highest BCUT2D eigenvalue weighted by molar-refractivity contribution is 6.89. The van der Waals surface area contributed by atoms with E-state index in [0.29, 0.717) is 12.2 Å². The van der Waals surface area contributed by atoms with Crippen molar-refractivity contribution in [2.75, 3.05) is 6.61 Å². The average Bonchev–Trinajstić information content (AvgIpc) is 2.29. The zero-order chi connectivity index (χ0) is 12.9. The minimum atomic E-state index is -1.49. The number of hydrogen-bond acceptors (Lipinski definition) is 2. The molecule has 0 fully saturated rings. The summed E-state index contributed by atoms with van der Waals surface area (Å²) in [5, 5.41) is 1.39. The van der Waals surface area contributed by atoms with Crippen molar-refractivity contribution in [1.82, 2.24) is 0 Å². The maximum absolute atomic E-state index is 11.3. The van der Waals surface area contributed by atoms with E-state index in [2.05, 4.69) is 43.9 Å². The number of esters is 1. The number of carbonyl (C=O) groups is 1. The summed E-state index contributed by atoms with van der Waals surface area (Å²) in [6.07, 6.45) is 0. The maximum Gasteiger partial charge on any atom is 0.333 e. The monoisotopic (exact) mass is 248 g/mol. The van der Waals surface area contributed by atoms with Gasteiger partial charge in [0.25, 0.3) is 0 Å². The molecule has 1 rings (SSSR count). The van der Waals surface area contributed by atoms with Crippen LogP contribution in [0.3, 0.4) is 0 Å². The molecule has 0 heterocycles. The van der Waals surface area contributed by atoms with Gasteiger partial charge in [0.2, 0.25) is 0 Å². The molecule has 0 aliphatic carbocycles. The standard InChI is InChI=1S/C14H20O2Si/c1-12(2)14(15)16-10-11-17(3,4)13-8-6-5-7-9-13/h5-9H,1,10-11H2,2-4H3. The van der Waals surface area contributed by atoms with Crippen LogP contribution in [0, 0.1) is 0 Å². The van der Waals surface area contributed by atoms with Gasteiger partial charge in [-0.25, -0.2) is 4.79 Å². The van der Waals surface area contributed by atoms with Crippen LogP contribution in [0.4, 0.5) is 0 Å². The van der Waals surface area contributed by atoms with Crippen molar-refractivity contribution < 1.29 is 9.53 Å². The molecule has 0 aliphatic heterocycles. The largest absolute Gasteiger partial charge is 0.463 e. The fourth-order valence-electron chi connectivity index (χ4n) is 1.56. The van der Waals surface area contributed by atoms with Crippen molar-refractivity contribution in [3.8, 4) is 0 Å². The SMILES string of the molecule is C=C(C)C(=O)OCC[Si](C)(C)c1ccccc1. The Bertz CT molecular complexity index is 396.